The molecule has 112 valence electrons. The fourth-order valence-electron chi connectivity index (χ4n) is 2.07. The molecule has 1 unspecified atom stereocenters. The third-order valence-corrected chi connectivity index (χ3v) is 2.85. The lowest BCUT2D eigenvalue weighted by molar-refractivity contribution is -0.384. The summed E-state index contributed by atoms with van der Waals surface area (Å²) >= 11 is 0. The molecule has 3 N–H and O–H groups in total. The summed E-state index contributed by atoms with van der Waals surface area (Å²) < 4.78 is 0. The summed E-state index contributed by atoms with van der Waals surface area (Å²) in [5.41, 5.74) is 2.18. The summed E-state index contributed by atoms with van der Waals surface area (Å²) in [5.74, 6) is 5.70. The van der Waals surface area contributed by atoms with Crippen LogP contribution in [0.5, 0.6) is 0 Å². The Hall–Kier alpha value is -2.00. The fourth-order valence-corrected chi connectivity index (χ4v) is 2.07. The molecule has 9 nitrogen and oxygen atoms in total. The summed E-state index contributed by atoms with van der Waals surface area (Å²) in [6, 6.07) is 0.0641. The molecule has 0 amide bonds. The molecule has 0 aromatic carbocycles. The number of hydrogen-bond acceptors (Lipinski definition) is 8. The van der Waals surface area contributed by atoms with Crippen LogP contribution in [0.15, 0.2) is 6.20 Å². The highest BCUT2D eigenvalue weighted by atomic mass is 16.6. The molecule has 0 fully saturated rings. The van der Waals surface area contributed by atoms with Crippen LogP contribution in [0.3, 0.4) is 0 Å². The van der Waals surface area contributed by atoms with Gasteiger partial charge in [0, 0.05) is 19.1 Å². The van der Waals surface area contributed by atoms with E-state index in [1.807, 2.05) is 37.7 Å². The summed E-state index contributed by atoms with van der Waals surface area (Å²) in [6.45, 7) is 5.26. The number of nitrogen functional groups attached to an aromatic ring is 1. The van der Waals surface area contributed by atoms with Crippen LogP contribution in [-0.4, -0.2) is 53.0 Å². The van der Waals surface area contributed by atoms with Gasteiger partial charge >= 0.3 is 5.69 Å². The number of aromatic nitrogens is 2. The molecule has 1 atom stereocenters. The molecular formula is C11H21N7O2. The summed E-state index contributed by atoms with van der Waals surface area (Å²) in [6.07, 6.45) is 1.17. The minimum atomic E-state index is -0.485. The van der Waals surface area contributed by atoms with Crippen molar-refractivity contribution < 1.29 is 4.92 Å². The molecular weight excluding hydrogens is 262 g/mol. The SMILES string of the molecule is CCN(c1nc(NN)ncc1[N+](=O)[O-])C(C)CN(C)C. The normalized spacial score (nSPS) is 12.3. The van der Waals surface area contributed by atoms with Gasteiger partial charge in [-0.25, -0.2) is 10.8 Å². The van der Waals surface area contributed by atoms with Crippen LogP contribution in [0.4, 0.5) is 17.5 Å². The number of nitrogens with zero attached hydrogens (tertiary/aromatic N) is 5. The molecule has 0 aliphatic rings. The number of anilines is 2. The van der Waals surface area contributed by atoms with E-state index in [1.54, 1.807) is 0 Å². The van der Waals surface area contributed by atoms with Gasteiger partial charge in [-0.1, -0.05) is 0 Å². The Labute approximate surface area is 117 Å². The first-order chi connectivity index (χ1) is 9.40. The summed E-state index contributed by atoms with van der Waals surface area (Å²) in [7, 11) is 3.90. The first kappa shape index (κ1) is 16.1. The zero-order valence-electron chi connectivity index (χ0n) is 12.2. The van der Waals surface area contributed by atoms with Crippen molar-refractivity contribution in [2.75, 3.05) is 37.5 Å². The van der Waals surface area contributed by atoms with Crippen LogP contribution in [0.25, 0.3) is 0 Å². The van der Waals surface area contributed by atoms with Crippen LogP contribution in [0.1, 0.15) is 13.8 Å². The molecule has 1 rings (SSSR count). The Morgan fingerprint density at radius 1 is 1.55 bits per heavy atom. The van der Waals surface area contributed by atoms with Crippen molar-refractivity contribution >= 4 is 17.5 Å². The van der Waals surface area contributed by atoms with Crippen molar-refractivity contribution in [1.29, 1.82) is 0 Å². The Bertz CT molecular complexity index is 466. The van der Waals surface area contributed by atoms with Gasteiger partial charge < -0.3 is 9.80 Å². The van der Waals surface area contributed by atoms with Crippen molar-refractivity contribution in [3.63, 3.8) is 0 Å². The van der Waals surface area contributed by atoms with E-state index in [0.29, 0.717) is 6.54 Å². The number of nitro groups is 1. The Morgan fingerprint density at radius 3 is 2.65 bits per heavy atom. The van der Waals surface area contributed by atoms with E-state index in [2.05, 4.69) is 15.4 Å². The van der Waals surface area contributed by atoms with Gasteiger partial charge in [-0.2, -0.15) is 4.98 Å². The highest BCUT2D eigenvalue weighted by Crippen LogP contribution is 2.27. The molecule has 1 aromatic rings. The van der Waals surface area contributed by atoms with E-state index in [0.717, 1.165) is 6.54 Å². The third-order valence-electron chi connectivity index (χ3n) is 2.85. The second kappa shape index (κ2) is 6.96. The zero-order chi connectivity index (χ0) is 15.3. The van der Waals surface area contributed by atoms with Gasteiger partial charge in [-0.3, -0.25) is 15.5 Å². The molecule has 1 heterocycles. The molecule has 9 heteroatoms. The van der Waals surface area contributed by atoms with Crippen LogP contribution in [0, 0.1) is 10.1 Å². The fraction of sp³-hybridized carbons (Fsp3) is 0.636. The Balaban J connectivity index is 3.20. The number of hydrazine groups is 1. The maximum Gasteiger partial charge on any atom is 0.329 e. The monoisotopic (exact) mass is 283 g/mol. The van der Waals surface area contributed by atoms with E-state index >= 15 is 0 Å². The predicted octanol–water partition coefficient (Wildman–Crippen LogP) is 0.447. The highest BCUT2D eigenvalue weighted by molar-refractivity contribution is 5.59. The number of hydrogen-bond donors (Lipinski definition) is 2. The second-order valence-corrected chi connectivity index (χ2v) is 4.70. The molecule has 1 aromatic heterocycles. The minimum absolute atomic E-state index is 0.0641. The predicted molar refractivity (Wildman–Crippen MR) is 77.5 cm³/mol. The van der Waals surface area contributed by atoms with Crippen molar-refractivity contribution in [3.8, 4) is 0 Å². The van der Waals surface area contributed by atoms with Crippen molar-refractivity contribution in [2.45, 2.75) is 19.9 Å². The lowest BCUT2D eigenvalue weighted by atomic mass is 10.2. The van der Waals surface area contributed by atoms with Crippen molar-refractivity contribution in [1.82, 2.24) is 14.9 Å². The minimum Gasteiger partial charge on any atom is -0.347 e. The lowest BCUT2D eigenvalue weighted by Gasteiger charge is -2.30. The molecule has 0 aliphatic heterocycles. The first-order valence-corrected chi connectivity index (χ1v) is 6.30. The lowest BCUT2D eigenvalue weighted by Crippen LogP contribution is -2.41. The van der Waals surface area contributed by atoms with Gasteiger partial charge in [0.05, 0.1) is 4.92 Å². The quantitative estimate of drug-likeness (QED) is 0.421. The van der Waals surface area contributed by atoms with E-state index < -0.39 is 4.92 Å². The molecule has 0 bridgehead atoms. The third kappa shape index (κ3) is 3.75. The molecule has 0 saturated heterocycles. The largest absolute Gasteiger partial charge is 0.347 e. The van der Waals surface area contributed by atoms with Crippen LogP contribution in [-0.2, 0) is 0 Å². The molecule has 0 aliphatic carbocycles. The van der Waals surface area contributed by atoms with Crippen LogP contribution < -0.4 is 16.2 Å². The summed E-state index contributed by atoms with van der Waals surface area (Å²) in [4.78, 5) is 22.4. The van der Waals surface area contributed by atoms with E-state index in [1.165, 1.54) is 6.20 Å². The number of nitrogens with two attached hydrogens (primary N) is 1. The smallest absolute Gasteiger partial charge is 0.329 e. The standard InChI is InChI=1S/C11H21N7O2/c1-5-17(8(2)7-16(3)4)10-9(18(19)20)6-13-11(14-10)15-12/h6,8H,5,7,12H2,1-4H3,(H,13,14,15). The Kier molecular flexibility index (Phi) is 5.59. The van der Waals surface area contributed by atoms with E-state index in [9.17, 15) is 10.1 Å². The number of nitrogens with one attached hydrogen (secondary N) is 1. The van der Waals surface area contributed by atoms with Crippen LogP contribution >= 0.6 is 0 Å². The first-order valence-electron chi connectivity index (χ1n) is 6.30. The number of likely N-dealkylation sites (N-methyl/N-ethyl adjacent to an activating group) is 2. The van der Waals surface area contributed by atoms with Crippen LogP contribution in [0.2, 0.25) is 0 Å². The molecule has 0 spiro atoms. The van der Waals surface area contributed by atoms with Gasteiger partial charge in [0.15, 0.2) is 0 Å². The van der Waals surface area contributed by atoms with Gasteiger partial charge in [0.25, 0.3) is 0 Å². The highest BCUT2D eigenvalue weighted by Gasteiger charge is 2.25. The molecule has 0 radical (unpaired) electrons. The van der Waals surface area contributed by atoms with Gasteiger partial charge in [-0.05, 0) is 27.9 Å². The zero-order valence-corrected chi connectivity index (χ0v) is 12.2. The average molecular weight is 283 g/mol. The molecule has 0 saturated carbocycles. The van der Waals surface area contributed by atoms with E-state index in [-0.39, 0.29) is 23.5 Å². The van der Waals surface area contributed by atoms with Gasteiger partial charge in [0.1, 0.15) is 6.20 Å². The van der Waals surface area contributed by atoms with Gasteiger partial charge in [0.2, 0.25) is 11.8 Å². The Morgan fingerprint density at radius 2 is 2.20 bits per heavy atom. The van der Waals surface area contributed by atoms with E-state index in [4.69, 9.17) is 5.84 Å². The summed E-state index contributed by atoms with van der Waals surface area (Å²) in [5, 5.41) is 11.1. The maximum absolute atomic E-state index is 11.1. The topological polar surface area (TPSA) is 113 Å². The average Bonchev–Trinajstić information content (AvgIpc) is 2.38. The number of rotatable bonds is 7. The second-order valence-electron chi connectivity index (χ2n) is 4.70. The molecule has 20 heavy (non-hydrogen) atoms. The van der Waals surface area contributed by atoms with Crippen molar-refractivity contribution in [3.05, 3.63) is 16.3 Å². The van der Waals surface area contributed by atoms with Crippen molar-refractivity contribution in [2.24, 2.45) is 5.84 Å². The maximum atomic E-state index is 11.1. The van der Waals surface area contributed by atoms with Gasteiger partial charge in [-0.15, -0.1) is 0 Å².